The molecule has 4 amide bonds. The summed E-state index contributed by atoms with van der Waals surface area (Å²) in [5, 5.41) is 15.0. The Kier molecular flexibility index (Phi) is 9.55. The molecule has 1 aliphatic heterocycles. The third kappa shape index (κ3) is 8.17. The van der Waals surface area contributed by atoms with Crippen LogP contribution in [0.15, 0.2) is 12.7 Å². The number of hydrogen-bond acceptors (Lipinski definition) is 8. The molecule has 0 spiro atoms. The van der Waals surface area contributed by atoms with Gasteiger partial charge in [-0.2, -0.15) is 0 Å². The molecule has 2 aliphatic rings. The number of nitrogens with zero attached hydrogens (tertiary/aromatic N) is 1. The summed E-state index contributed by atoms with van der Waals surface area (Å²) < 4.78 is 32.2. The normalized spacial score (nSPS) is 23.2. The SMILES string of the molecule is C=CC(C)[C@](C)(NC(=O)[C@@H]1C[C@@H](O)CN1C(=O)[C@@H](NC(=O)OC(C)(C)C)C(C)(C)C)C(=O)NS(=O)(=O)C1CC1. The molecule has 39 heavy (non-hydrogen) atoms. The third-order valence-electron chi connectivity index (χ3n) is 6.96. The van der Waals surface area contributed by atoms with Gasteiger partial charge in [-0.25, -0.2) is 13.2 Å². The van der Waals surface area contributed by atoms with Crippen molar-refractivity contribution < 1.29 is 37.4 Å². The van der Waals surface area contributed by atoms with Crippen molar-refractivity contribution >= 4 is 33.8 Å². The number of sulfonamides is 1. The molecule has 2 rings (SSSR count). The molecule has 0 radical (unpaired) electrons. The van der Waals surface area contributed by atoms with Crippen LogP contribution in [0.3, 0.4) is 0 Å². The van der Waals surface area contributed by atoms with E-state index in [1.807, 2.05) is 0 Å². The molecule has 1 unspecified atom stereocenters. The first kappa shape index (κ1) is 32.5. The minimum atomic E-state index is -3.89. The first-order valence-electron chi connectivity index (χ1n) is 13.1. The summed E-state index contributed by atoms with van der Waals surface area (Å²) in [7, 11) is -3.89. The lowest BCUT2D eigenvalue weighted by Gasteiger charge is -2.38. The van der Waals surface area contributed by atoms with Gasteiger partial charge in [0.1, 0.15) is 23.2 Å². The lowest BCUT2D eigenvalue weighted by Crippen LogP contribution is -2.64. The van der Waals surface area contributed by atoms with Crippen LogP contribution in [0.1, 0.15) is 74.7 Å². The fraction of sp³-hybridized carbons (Fsp3) is 0.769. The van der Waals surface area contributed by atoms with Gasteiger partial charge in [0.2, 0.25) is 21.8 Å². The number of alkyl carbamates (subject to hydrolysis) is 1. The monoisotopic (exact) mass is 572 g/mol. The molecule has 13 heteroatoms. The van der Waals surface area contributed by atoms with Crippen molar-refractivity contribution in [1.29, 1.82) is 0 Å². The van der Waals surface area contributed by atoms with Crippen molar-refractivity contribution in [2.24, 2.45) is 11.3 Å². The minimum Gasteiger partial charge on any atom is -0.444 e. The molecule has 2 fully saturated rings. The van der Waals surface area contributed by atoms with Crippen molar-refractivity contribution in [1.82, 2.24) is 20.3 Å². The average Bonchev–Trinajstić information content (AvgIpc) is 3.56. The van der Waals surface area contributed by atoms with Crippen LogP contribution in [0.25, 0.3) is 0 Å². The molecule has 0 bridgehead atoms. The molecule has 0 aromatic rings. The van der Waals surface area contributed by atoms with E-state index in [0.29, 0.717) is 12.8 Å². The smallest absolute Gasteiger partial charge is 0.408 e. The maximum absolute atomic E-state index is 13.7. The molecule has 1 saturated carbocycles. The van der Waals surface area contributed by atoms with Gasteiger partial charge in [-0.3, -0.25) is 19.1 Å². The summed E-state index contributed by atoms with van der Waals surface area (Å²) in [6.07, 6.45) is 0.368. The summed E-state index contributed by atoms with van der Waals surface area (Å²) in [6.45, 7) is 16.8. The second-order valence-electron chi connectivity index (χ2n) is 12.7. The summed E-state index contributed by atoms with van der Waals surface area (Å²) in [4.78, 5) is 54.1. The Morgan fingerprint density at radius 1 is 1.08 bits per heavy atom. The Hall–Kier alpha value is -2.67. The molecule has 4 N–H and O–H groups in total. The third-order valence-corrected chi connectivity index (χ3v) is 8.77. The number of rotatable bonds is 9. The van der Waals surface area contributed by atoms with Gasteiger partial charge in [-0.1, -0.05) is 33.8 Å². The fourth-order valence-electron chi connectivity index (χ4n) is 4.20. The molecule has 12 nitrogen and oxygen atoms in total. The van der Waals surface area contributed by atoms with E-state index in [0.717, 1.165) is 0 Å². The number of carbonyl (C=O) groups excluding carboxylic acids is 4. The molecular weight excluding hydrogens is 528 g/mol. The van der Waals surface area contributed by atoms with E-state index in [1.165, 1.54) is 17.9 Å². The van der Waals surface area contributed by atoms with E-state index in [-0.39, 0.29) is 13.0 Å². The highest BCUT2D eigenvalue weighted by Gasteiger charge is 2.49. The number of amides is 4. The summed E-state index contributed by atoms with van der Waals surface area (Å²) in [5.41, 5.74) is -3.31. The standard InChI is InChI=1S/C26H44N4O8S/c1-10-15(2)26(9,22(34)29-39(36,37)17-11-12-17)28-20(32)18-13-16(31)14-30(18)21(33)19(24(3,4)5)27-23(35)38-25(6,7)8/h10,15-19,31H,1,11-14H2,2-9H3,(H,27,35)(H,28,32)(H,29,34)/t15?,16-,18+,19-,26+/m1/s1. The summed E-state index contributed by atoms with van der Waals surface area (Å²) in [6, 6.07) is -2.28. The quantitative estimate of drug-likeness (QED) is 0.299. The Bertz CT molecular complexity index is 1090. The van der Waals surface area contributed by atoms with E-state index < -0.39 is 79.7 Å². The first-order chi connectivity index (χ1) is 17.6. The van der Waals surface area contributed by atoms with Gasteiger partial charge in [0, 0.05) is 18.9 Å². The summed E-state index contributed by atoms with van der Waals surface area (Å²) >= 11 is 0. The van der Waals surface area contributed by atoms with Gasteiger partial charge < -0.3 is 25.4 Å². The molecule has 1 aliphatic carbocycles. The largest absolute Gasteiger partial charge is 0.444 e. The van der Waals surface area contributed by atoms with Crippen LogP contribution >= 0.6 is 0 Å². The van der Waals surface area contributed by atoms with Crippen LogP contribution in [0.4, 0.5) is 4.79 Å². The van der Waals surface area contributed by atoms with Gasteiger partial charge in [0.05, 0.1) is 11.4 Å². The zero-order valence-corrected chi connectivity index (χ0v) is 25.0. The molecule has 5 atom stereocenters. The second kappa shape index (κ2) is 11.4. The van der Waals surface area contributed by atoms with Crippen molar-refractivity contribution in [3.05, 3.63) is 12.7 Å². The number of carbonyl (C=O) groups is 4. The second-order valence-corrected chi connectivity index (χ2v) is 14.7. The number of β-amino-alcohol motifs (C(OH)–C–C–N with tert-alkyl or cyclic N) is 1. The lowest BCUT2D eigenvalue weighted by atomic mass is 9.85. The van der Waals surface area contributed by atoms with Crippen molar-refractivity contribution in [3.63, 3.8) is 0 Å². The van der Waals surface area contributed by atoms with Crippen LogP contribution in [0.5, 0.6) is 0 Å². The first-order valence-corrected chi connectivity index (χ1v) is 14.7. The van der Waals surface area contributed by atoms with Gasteiger partial charge >= 0.3 is 6.09 Å². The number of aliphatic hydroxyl groups is 1. The van der Waals surface area contributed by atoms with Gasteiger partial charge in [0.25, 0.3) is 5.91 Å². The van der Waals surface area contributed by atoms with E-state index in [2.05, 4.69) is 21.9 Å². The fourth-order valence-corrected chi connectivity index (χ4v) is 5.59. The van der Waals surface area contributed by atoms with E-state index >= 15 is 0 Å². The van der Waals surface area contributed by atoms with Gasteiger partial charge in [-0.05, 0) is 46.0 Å². The van der Waals surface area contributed by atoms with Gasteiger partial charge in [-0.15, -0.1) is 6.58 Å². The van der Waals surface area contributed by atoms with E-state index in [4.69, 9.17) is 4.74 Å². The topological polar surface area (TPSA) is 171 Å². The Labute approximate surface area is 231 Å². The number of likely N-dealkylation sites (tertiary alicyclic amines) is 1. The molecule has 222 valence electrons. The van der Waals surface area contributed by atoms with Crippen LogP contribution in [-0.2, 0) is 29.1 Å². The maximum Gasteiger partial charge on any atom is 0.408 e. The molecule has 1 saturated heterocycles. The highest BCUT2D eigenvalue weighted by molar-refractivity contribution is 7.90. The maximum atomic E-state index is 13.7. The highest BCUT2D eigenvalue weighted by atomic mass is 32.2. The van der Waals surface area contributed by atoms with E-state index in [1.54, 1.807) is 48.5 Å². The lowest BCUT2D eigenvalue weighted by molar-refractivity contribution is -0.143. The Morgan fingerprint density at radius 2 is 1.64 bits per heavy atom. The molecule has 0 aromatic carbocycles. The minimum absolute atomic E-state index is 0.110. The summed E-state index contributed by atoms with van der Waals surface area (Å²) in [5.74, 6) is -2.97. The van der Waals surface area contributed by atoms with Crippen LogP contribution < -0.4 is 15.4 Å². The number of nitrogens with one attached hydrogen (secondary N) is 3. The zero-order valence-electron chi connectivity index (χ0n) is 24.2. The van der Waals surface area contributed by atoms with Crippen LogP contribution in [-0.4, -0.2) is 83.4 Å². The van der Waals surface area contributed by atoms with Crippen molar-refractivity contribution in [3.8, 4) is 0 Å². The van der Waals surface area contributed by atoms with Crippen molar-refractivity contribution in [2.45, 2.75) is 109 Å². The molecule has 1 heterocycles. The van der Waals surface area contributed by atoms with Gasteiger partial charge in [0.15, 0.2) is 0 Å². The van der Waals surface area contributed by atoms with Crippen LogP contribution in [0.2, 0.25) is 0 Å². The van der Waals surface area contributed by atoms with E-state index in [9.17, 15) is 32.7 Å². The zero-order chi connectivity index (χ0) is 30.1. The predicted octanol–water partition coefficient (Wildman–Crippen LogP) is 1.19. The molecule has 0 aromatic heterocycles. The number of hydrogen-bond donors (Lipinski definition) is 4. The average molecular weight is 573 g/mol. The van der Waals surface area contributed by atoms with Crippen molar-refractivity contribution in [2.75, 3.05) is 6.54 Å². The predicted molar refractivity (Wildman–Crippen MR) is 145 cm³/mol. The number of ether oxygens (including phenoxy) is 1. The Morgan fingerprint density at radius 3 is 2.10 bits per heavy atom. The number of aliphatic hydroxyl groups excluding tert-OH is 1. The Balaban J connectivity index is 2.31. The highest BCUT2D eigenvalue weighted by Crippen LogP contribution is 2.30. The van der Waals surface area contributed by atoms with Crippen LogP contribution in [0, 0.1) is 11.3 Å². The molecular formula is C26H44N4O8S.